The molecule has 9 heteroatoms. The minimum absolute atomic E-state index is 0.0514. The van der Waals surface area contributed by atoms with E-state index >= 15 is 0 Å². The highest BCUT2D eigenvalue weighted by Gasteiger charge is 2.22. The van der Waals surface area contributed by atoms with Crippen molar-refractivity contribution in [3.63, 3.8) is 0 Å². The molecule has 2 N–H and O–H groups in total. The average molecular weight is 455 g/mol. The zero-order valence-corrected chi connectivity index (χ0v) is 18.3. The van der Waals surface area contributed by atoms with Gasteiger partial charge in [0.25, 0.3) is 15.9 Å². The lowest BCUT2D eigenvalue weighted by molar-refractivity contribution is 0.102. The van der Waals surface area contributed by atoms with Crippen LogP contribution >= 0.6 is 0 Å². The van der Waals surface area contributed by atoms with Gasteiger partial charge in [-0.1, -0.05) is 18.2 Å². The second-order valence-electron chi connectivity index (χ2n) is 7.59. The molecule has 32 heavy (non-hydrogen) atoms. The fraction of sp³-hybridized carbons (Fsp3) is 0.217. The molecule has 1 saturated heterocycles. The van der Waals surface area contributed by atoms with Gasteiger partial charge in [-0.15, -0.1) is 0 Å². The van der Waals surface area contributed by atoms with Crippen LogP contribution in [0.4, 0.5) is 21.6 Å². The Bertz CT molecular complexity index is 1260. The molecule has 0 spiro atoms. The fourth-order valence-corrected chi connectivity index (χ4v) is 5.00. The number of rotatable bonds is 6. The summed E-state index contributed by atoms with van der Waals surface area (Å²) in [6.45, 7) is 3.31. The molecule has 3 aromatic rings. The molecule has 0 radical (unpaired) electrons. The van der Waals surface area contributed by atoms with E-state index in [-0.39, 0.29) is 16.5 Å². The van der Waals surface area contributed by atoms with Crippen LogP contribution in [0.2, 0.25) is 0 Å². The van der Waals surface area contributed by atoms with Gasteiger partial charge in [-0.25, -0.2) is 17.8 Å². The number of hydrogen-bond donors (Lipinski definition) is 2. The molecule has 1 aliphatic rings. The Hall–Kier alpha value is -3.46. The third-order valence-electron chi connectivity index (χ3n) is 5.29. The van der Waals surface area contributed by atoms with Crippen molar-refractivity contribution in [1.82, 2.24) is 4.98 Å². The van der Waals surface area contributed by atoms with E-state index in [1.165, 1.54) is 30.3 Å². The largest absolute Gasteiger partial charge is 0.356 e. The summed E-state index contributed by atoms with van der Waals surface area (Å²) >= 11 is 0. The number of carbonyl (C=O) groups is 1. The first-order chi connectivity index (χ1) is 15.3. The van der Waals surface area contributed by atoms with E-state index in [4.69, 9.17) is 0 Å². The molecule has 4 rings (SSSR count). The summed E-state index contributed by atoms with van der Waals surface area (Å²) in [5.74, 6) is -0.442. The number of halogens is 1. The van der Waals surface area contributed by atoms with Gasteiger partial charge in [0.05, 0.1) is 16.1 Å². The molecule has 0 saturated carbocycles. The standard InChI is InChI=1S/C23H23FN4O3S/c1-16-10-11-17(15-21(16)32(30,31)27-20-9-3-2-8-19(20)24)26-23(29)18-7-6-12-25-22(18)28-13-4-5-14-28/h2-3,6-12,15,27H,4-5,13-14H2,1H3,(H,26,29). The van der Waals surface area contributed by atoms with Crippen LogP contribution in [-0.4, -0.2) is 32.4 Å². The number of para-hydroxylation sites is 1. The predicted octanol–water partition coefficient (Wildman–Crippen LogP) is 4.18. The summed E-state index contributed by atoms with van der Waals surface area (Å²) in [6.07, 6.45) is 3.74. The van der Waals surface area contributed by atoms with Crippen molar-refractivity contribution in [2.45, 2.75) is 24.7 Å². The van der Waals surface area contributed by atoms with Gasteiger partial charge in [0, 0.05) is 25.0 Å². The number of hydrogen-bond acceptors (Lipinski definition) is 5. The number of aryl methyl sites for hydroxylation is 1. The number of aromatic nitrogens is 1. The molecule has 1 aliphatic heterocycles. The highest BCUT2D eigenvalue weighted by Crippen LogP contribution is 2.26. The van der Waals surface area contributed by atoms with Gasteiger partial charge in [-0.2, -0.15) is 0 Å². The molecule has 0 unspecified atom stereocenters. The Morgan fingerprint density at radius 3 is 2.56 bits per heavy atom. The quantitative estimate of drug-likeness (QED) is 0.583. The third-order valence-corrected chi connectivity index (χ3v) is 6.80. The Labute approximate surface area is 186 Å². The lowest BCUT2D eigenvalue weighted by Gasteiger charge is -2.19. The summed E-state index contributed by atoms with van der Waals surface area (Å²) < 4.78 is 42.0. The first-order valence-electron chi connectivity index (χ1n) is 10.2. The molecule has 0 atom stereocenters. The topological polar surface area (TPSA) is 91.4 Å². The van der Waals surface area contributed by atoms with Crippen molar-refractivity contribution in [2.75, 3.05) is 28.0 Å². The molecule has 2 heterocycles. The highest BCUT2D eigenvalue weighted by molar-refractivity contribution is 7.92. The number of nitrogens with one attached hydrogen (secondary N) is 2. The third kappa shape index (κ3) is 4.57. The Kier molecular flexibility index (Phi) is 6.09. The Morgan fingerprint density at radius 2 is 1.81 bits per heavy atom. The van der Waals surface area contributed by atoms with E-state index in [0.717, 1.165) is 25.9 Å². The van der Waals surface area contributed by atoms with Crippen LogP contribution in [0.3, 0.4) is 0 Å². The lowest BCUT2D eigenvalue weighted by Crippen LogP contribution is -2.24. The van der Waals surface area contributed by atoms with E-state index in [9.17, 15) is 17.6 Å². The van der Waals surface area contributed by atoms with Crippen molar-refractivity contribution in [3.8, 4) is 0 Å². The first kappa shape index (κ1) is 21.8. The van der Waals surface area contributed by atoms with E-state index in [2.05, 4.69) is 19.9 Å². The number of carbonyl (C=O) groups excluding carboxylic acids is 1. The molecule has 1 aromatic heterocycles. The van der Waals surface area contributed by atoms with Gasteiger partial charge >= 0.3 is 0 Å². The van der Waals surface area contributed by atoms with Crippen molar-refractivity contribution in [3.05, 3.63) is 77.7 Å². The fourth-order valence-electron chi connectivity index (χ4n) is 3.66. The van der Waals surface area contributed by atoms with Crippen LogP contribution in [0, 0.1) is 12.7 Å². The van der Waals surface area contributed by atoms with E-state index in [1.54, 1.807) is 37.4 Å². The van der Waals surface area contributed by atoms with Crippen LogP contribution < -0.4 is 14.9 Å². The van der Waals surface area contributed by atoms with Crippen LogP contribution in [0.1, 0.15) is 28.8 Å². The molecule has 2 aromatic carbocycles. The van der Waals surface area contributed by atoms with Crippen molar-refractivity contribution in [2.24, 2.45) is 0 Å². The van der Waals surface area contributed by atoms with Crippen molar-refractivity contribution >= 4 is 33.1 Å². The average Bonchev–Trinajstić information content (AvgIpc) is 3.31. The molecular formula is C23H23FN4O3S. The van der Waals surface area contributed by atoms with Crippen molar-refractivity contribution < 1.29 is 17.6 Å². The number of nitrogens with zero attached hydrogens (tertiary/aromatic N) is 2. The minimum atomic E-state index is -4.07. The maximum absolute atomic E-state index is 13.9. The van der Waals surface area contributed by atoms with E-state index < -0.39 is 15.8 Å². The predicted molar refractivity (Wildman–Crippen MR) is 122 cm³/mol. The molecule has 0 bridgehead atoms. The maximum Gasteiger partial charge on any atom is 0.262 e. The summed E-state index contributed by atoms with van der Waals surface area (Å²) in [5, 5.41) is 2.77. The Balaban J connectivity index is 1.60. The lowest BCUT2D eigenvalue weighted by atomic mass is 10.2. The van der Waals surface area contributed by atoms with E-state index in [1.807, 2.05) is 0 Å². The molecule has 1 fully saturated rings. The van der Waals surface area contributed by atoms with Crippen LogP contribution in [-0.2, 0) is 10.0 Å². The molecule has 0 aliphatic carbocycles. The van der Waals surface area contributed by atoms with Gasteiger partial charge in [0.1, 0.15) is 11.6 Å². The van der Waals surface area contributed by atoms with Gasteiger partial charge < -0.3 is 10.2 Å². The van der Waals surface area contributed by atoms with Gasteiger partial charge in [0.2, 0.25) is 0 Å². The second-order valence-corrected chi connectivity index (χ2v) is 9.24. The smallest absolute Gasteiger partial charge is 0.262 e. The number of amides is 1. The SMILES string of the molecule is Cc1ccc(NC(=O)c2cccnc2N2CCCC2)cc1S(=O)(=O)Nc1ccccc1F. The molecular weight excluding hydrogens is 431 g/mol. The summed E-state index contributed by atoms with van der Waals surface area (Å²) in [6, 6.07) is 13.5. The van der Waals surface area contributed by atoms with Crippen LogP contribution in [0.25, 0.3) is 0 Å². The second kappa shape index (κ2) is 8.96. The number of anilines is 3. The number of benzene rings is 2. The van der Waals surface area contributed by atoms with Crippen LogP contribution in [0.5, 0.6) is 0 Å². The van der Waals surface area contributed by atoms with Gasteiger partial charge in [-0.05, 0) is 61.7 Å². The Morgan fingerprint density at radius 1 is 1.06 bits per heavy atom. The van der Waals surface area contributed by atoms with Crippen LogP contribution in [0.15, 0.2) is 65.7 Å². The first-order valence-corrected chi connectivity index (χ1v) is 11.7. The zero-order chi connectivity index (χ0) is 22.7. The van der Waals surface area contributed by atoms with Crippen molar-refractivity contribution in [1.29, 1.82) is 0 Å². The molecule has 1 amide bonds. The van der Waals surface area contributed by atoms with Gasteiger partial charge in [0.15, 0.2) is 0 Å². The minimum Gasteiger partial charge on any atom is -0.356 e. The van der Waals surface area contributed by atoms with E-state index in [0.29, 0.717) is 22.6 Å². The van der Waals surface area contributed by atoms with Gasteiger partial charge in [-0.3, -0.25) is 9.52 Å². The highest BCUT2D eigenvalue weighted by atomic mass is 32.2. The number of sulfonamides is 1. The molecule has 166 valence electrons. The maximum atomic E-state index is 13.9. The summed E-state index contributed by atoms with van der Waals surface area (Å²) in [4.78, 5) is 19.4. The normalized spacial score (nSPS) is 13.8. The summed E-state index contributed by atoms with van der Waals surface area (Å²) in [7, 11) is -4.07. The monoisotopic (exact) mass is 454 g/mol. The molecule has 7 nitrogen and oxygen atoms in total. The number of pyridine rings is 1. The zero-order valence-electron chi connectivity index (χ0n) is 17.5. The summed E-state index contributed by atoms with van der Waals surface area (Å²) in [5.41, 5.74) is 1.05.